The molecule has 0 spiro atoms. The number of pyridine rings is 1. The van der Waals surface area contributed by atoms with E-state index in [1.165, 1.54) is 16.7 Å². The molecule has 0 radical (unpaired) electrons. The van der Waals surface area contributed by atoms with Crippen molar-refractivity contribution in [1.82, 2.24) is 4.98 Å². The third-order valence-electron chi connectivity index (χ3n) is 6.17. The molecule has 1 aliphatic rings. The minimum atomic E-state index is -0.779. The molecule has 0 saturated heterocycles. The van der Waals surface area contributed by atoms with E-state index >= 15 is 0 Å². The molecular weight excluding hydrogens is 426 g/mol. The highest BCUT2D eigenvalue weighted by Crippen LogP contribution is 2.33. The summed E-state index contributed by atoms with van der Waals surface area (Å²) < 4.78 is 0. The fraction of sp³-hybridized carbons (Fsp3) is 0.300. The molecule has 2 nitrogen and oxygen atoms in total. The Morgan fingerprint density at radius 2 is 1.88 bits per heavy atom. The molecule has 170 valence electrons. The number of aromatic nitrogens is 1. The number of benzene rings is 2. The number of allylic oxidation sites excluding steroid dienone is 2. The number of fused-ring (bicyclic) bond motifs is 1. The van der Waals surface area contributed by atoms with Gasteiger partial charge in [-0.05, 0) is 92.0 Å². The average Bonchev–Trinajstić information content (AvgIpc) is 2.77. The second-order valence-electron chi connectivity index (χ2n) is 9.59. The summed E-state index contributed by atoms with van der Waals surface area (Å²) in [7, 11) is 0. The summed E-state index contributed by atoms with van der Waals surface area (Å²) in [5.41, 5.74) is 5.94. The van der Waals surface area contributed by atoms with Crippen molar-refractivity contribution in [1.29, 1.82) is 0 Å². The highest BCUT2D eigenvalue weighted by Gasteiger charge is 2.25. The summed E-state index contributed by atoms with van der Waals surface area (Å²) in [6.45, 7) is 6.02. The van der Waals surface area contributed by atoms with Gasteiger partial charge in [0.2, 0.25) is 0 Å². The van der Waals surface area contributed by atoms with E-state index in [2.05, 4.69) is 55.5 Å². The molecule has 0 amide bonds. The molecular formula is C30H32ClNO. The highest BCUT2D eigenvalue weighted by molar-refractivity contribution is 6.31. The molecule has 33 heavy (non-hydrogen) atoms. The third-order valence-corrected chi connectivity index (χ3v) is 6.40. The lowest BCUT2D eigenvalue weighted by atomic mass is 9.81. The van der Waals surface area contributed by atoms with E-state index in [9.17, 15) is 5.11 Å². The van der Waals surface area contributed by atoms with E-state index in [-0.39, 0.29) is 0 Å². The maximum absolute atomic E-state index is 10.5. The van der Waals surface area contributed by atoms with Crippen LogP contribution in [0.4, 0.5) is 0 Å². The maximum atomic E-state index is 10.5. The Hall–Kier alpha value is -2.68. The summed E-state index contributed by atoms with van der Waals surface area (Å²) in [5, 5.41) is 12.3. The molecule has 0 fully saturated rings. The lowest BCUT2D eigenvalue weighted by molar-refractivity contribution is 0.120. The van der Waals surface area contributed by atoms with Crippen molar-refractivity contribution in [3.63, 3.8) is 0 Å². The molecule has 0 bridgehead atoms. The average molecular weight is 458 g/mol. The molecule has 1 unspecified atom stereocenters. The molecule has 0 aliphatic heterocycles. The van der Waals surface area contributed by atoms with E-state index in [4.69, 9.17) is 16.6 Å². The van der Waals surface area contributed by atoms with E-state index in [1.54, 1.807) is 0 Å². The van der Waals surface area contributed by atoms with Crippen molar-refractivity contribution < 1.29 is 5.11 Å². The molecule has 4 rings (SSSR count). The van der Waals surface area contributed by atoms with Gasteiger partial charge in [-0.1, -0.05) is 73.2 Å². The molecule has 1 aliphatic carbocycles. The van der Waals surface area contributed by atoms with Gasteiger partial charge in [0.05, 0.1) is 16.8 Å². The molecule has 1 atom stereocenters. The van der Waals surface area contributed by atoms with Crippen LogP contribution in [0.1, 0.15) is 56.9 Å². The van der Waals surface area contributed by atoms with Crippen LogP contribution in [0.2, 0.25) is 5.02 Å². The zero-order valence-corrected chi connectivity index (χ0v) is 20.4. The predicted molar refractivity (Wildman–Crippen MR) is 141 cm³/mol. The standard InChI is InChI=1S/C30H32ClNO/c1-21-10-17-28(30(2,3)33)25(18-21)9-5-8-22-6-4-7-23(19-22)11-15-27-16-13-24-12-14-26(31)20-29(24)32-27/h4,6-7,11-21,33H,5,8-10H2,1-3H3/b15-11+. The molecule has 1 N–H and O–H groups in total. The Kier molecular flexibility index (Phi) is 7.17. The van der Waals surface area contributed by atoms with Gasteiger partial charge >= 0.3 is 0 Å². The van der Waals surface area contributed by atoms with Crippen LogP contribution < -0.4 is 0 Å². The Bertz CT molecular complexity index is 1230. The minimum Gasteiger partial charge on any atom is -0.386 e. The predicted octanol–water partition coefficient (Wildman–Crippen LogP) is 8.04. The second-order valence-corrected chi connectivity index (χ2v) is 10.0. The number of aliphatic hydroxyl groups is 1. The number of rotatable bonds is 7. The number of hydrogen-bond donors (Lipinski definition) is 1. The number of aryl methyl sites for hydroxylation is 1. The van der Waals surface area contributed by atoms with Gasteiger partial charge < -0.3 is 5.11 Å². The second kappa shape index (κ2) is 10.1. The highest BCUT2D eigenvalue weighted by atomic mass is 35.5. The van der Waals surface area contributed by atoms with Crippen molar-refractivity contribution in [3.05, 3.63) is 99.7 Å². The Morgan fingerprint density at radius 3 is 2.70 bits per heavy atom. The van der Waals surface area contributed by atoms with Gasteiger partial charge in [-0.25, -0.2) is 4.98 Å². The van der Waals surface area contributed by atoms with Crippen LogP contribution >= 0.6 is 11.6 Å². The van der Waals surface area contributed by atoms with Crippen molar-refractivity contribution in [2.45, 2.75) is 52.1 Å². The van der Waals surface area contributed by atoms with Gasteiger partial charge in [0.15, 0.2) is 0 Å². The molecule has 1 heterocycles. The van der Waals surface area contributed by atoms with Gasteiger partial charge in [0, 0.05) is 10.4 Å². The monoisotopic (exact) mass is 457 g/mol. The van der Waals surface area contributed by atoms with Crippen molar-refractivity contribution in [2.24, 2.45) is 5.92 Å². The van der Waals surface area contributed by atoms with Crippen molar-refractivity contribution in [3.8, 4) is 0 Å². The summed E-state index contributed by atoms with van der Waals surface area (Å²) in [6, 6.07) is 18.6. The molecule has 3 aromatic rings. The molecule has 1 aromatic heterocycles. The fourth-order valence-electron chi connectivity index (χ4n) is 4.51. The van der Waals surface area contributed by atoms with Crippen LogP contribution in [0.25, 0.3) is 23.1 Å². The van der Waals surface area contributed by atoms with Crippen LogP contribution in [0, 0.1) is 5.92 Å². The zero-order valence-electron chi connectivity index (χ0n) is 19.7. The quantitative estimate of drug-likeness (QED) is 0.389. The first-order chi connectivity index (χ1) is 15.8. The van der Waals surface area contributed by atoms with Gasteiger partial charge in [0.1, 0.15) is 0 Å². The third kappa shape index (κ3) is 6.22. The van der Waals surface area contributed by atoms with E-state index in [0.29, 0.717) is 10.9 Å². The Labute approximate surface area is 202 Å². The largest absolute Gasteiger partial charge is 0.386 e. The number of hydrogen-bond acceptors (Lipinski definition) is 2. The lowest BCUT2D eigenvalue weighted by Crippen LogP contribution is -2.25. The van der Waals surface area contributed by atoms with Crippen molar-refractivity contribution >= 4 is 34.7 Å². The SMILES string of the molecule is CC1C=C(CCCc2cccc(/C=C/c3ccc4ccc(Cl)cc4n3)c2)C(C(C)(C)O)=CC1. The van der Waals surface area contributed by atoms with Crippen molar-refractivity contribution in [2.75, 3.05) is 0 Å². The first-order valence-electron chi connectivity index (χ1n) is 11.8. The summed E-state index contributed by atoms with van der Waals surface area (Å²) in [5.74, 6) is 0.541. The van der Waals surface area contributed by atoms with E-state index in [0.717, 1.165) is 47.9 Å². The van der Waals surface area contributed by atoms with Crippen LogP contribution in [0.15, 0.2) is 77.9 Å². The molecule has 3 heteroatoms. The summed E-state index contributed by atoms with van der Waals surface area (Å²) in [4.78, 5) is 4.70. The van der Waals surface area contributed by atoms with Gasteiger partial charge in [-0.3, -0.25) is 0 Å². The Morgan fingerprint density at radius 1 is 1.06 bits per heavy atom. The van der Waals surface area contributed by atoms with E-state index < -0.39 is 5.60 Å². The topological polar surface area (TPSA) is 33.1 Å². The van der Waals surface area contributed by atoms with Crippen LogP contribution in [-0.2, 0) is 6.42 Å². The number of nitrogens with zero attached hydrogens (tertiary/aromatic N) is 1. The van der Waals surface area contributed by atoms with Gasteiger partial charge in [-0.15, -0.1) is 0 Å². The smallest absolute Gasteiger partial charge is 0.0840 e. The summed E-state index contributed by atoms with van der Waals surface area (Å²) in [6.07, 6.45) is 12.8. The fourth-order valence-corrected chi connectivity index (χ4v) is 4.68. The van der Waals surface area contributed by atoms with Gasteiger partial charge in [-0.2, -0.15) is 0 Å². The molecule has 0 saturated carbocycles. The van der Waals surface area contributed by atoms with Crippen LogP contribution in [0.3, 0.4) is 0 Å². The van der Waals surface area contributed by atoms with Crippen LogP contribution in [-0.4, -0.2) is 15.7 Å². The molecule has 2 aromatic carbocycles. The van der Waals surface area contributed by atoms with Gasteiger partial charge in [0.25, 0.3) is 0 Å². The normalized spacial score (nSPS) is 16.8. The minimum absolute atomic E-state index is 0.541. The van der Waals surface area contributed by atoms with Crippen LogP contribution in [0.5, 0.6) is 0 Å². The number of halogens is 1. The Balaban J connectivity index is 1.40. The maximum Gasteiger partial charge on any atom is 0.0840 e. The first-order valence-corrected chi connectivity index (χ1v) is 12.1. The first kappa shape index (κ1) is 23.5. The zero-order chi connectivity index (χ0) is 23.4. The lowest BCUT2D eigenvalue weighted by Gasteiger charge is -2.28. The van der Waals surface area contributed by atoms with E-state index in [1.807, 2.05) is 44.2 Å². The summed E-state index contributed by atoms with van der Waals surface area (Å²) >= 11 is 6.11.